The largest absolute Gasteiger partial charge is 0.502 e. The number of carbonyl (C=O) groups is 2. The van der Waals surface area contributed by atoms with Crippen LogP contribution in [0.1, 0.15) is 5.56 Å². The highest BCUT2D eigenvalue weighted by Crippen LogP contribution is 2.36. The molecule has 0 radical (unpaired) electrons. The zero-order valence-electron chi connectivity index (χ0n) is 13.6. The molecule has 1 aliphatic heterocycles. The third kappa shape index (κ3) is 4.51. The monoisotopic (exact) mass is 365 g/mol. The molecule has 132 valence electrons. The van der Waals surface area contributed by atoms with Crippen molar-refractivity contribution in [2.45, 2.75) is 0 Å². The van der Waals surface area contributed by atoms with Crippen molar-refractivity contribution in [3.63, 3.8) is 0 Å². The molecule has 1 aromatic rings. The van der Waals surface area contributed by atoms with Crippen LogP contribution in [0.15, 0.2) is 33.3 Å². The molecule has 10 heteroatoms. The molecule has 0 atom stereocenters. The summed E-state index contributed by atoms with van der Waals surface area (Å²) in [7, 11) is 4.04. The number of benzene rings is 1. The van der Waals surface area contributed by atoms with Crippen LogP contribution in [-0.2, 0) is 14.3 Å². The number of amides is 1. The van der Waals surface area contributed by atoms with Crippen LogP contribution in [0.5, 0.6) is 17.2 Å². The van der Waals surface area contributed by atoms with Crippen molar-refractivity contribution in [3.8, 4) is 17.2 Å². The highest BCUT2D eigenvalue weighted by atomic mass is 32.2. The van der Waals surface area contributed by atoms with Gasteiger partial charge in [-0.2, -0.15) is 5.10 Å². The topological polar surface area (TPSA) is 119 Å². The molecule has 0 bridgehead atoms. The Morgan fingerprint density at radius 1 is 1.24 bits per heavy atom. The fourth-order valence-corrected chi connectivity index (χ4v) is 2.52. The number of methoxy groups -OCH3 is 3. The van der Waals surface area contributed by atoms with Crippen molar-refractivity contribution in [2.75, 3.05) is 21.3 Å². The number of phenols is 1. The van der Waals surface area contributed by atoms with Gasteiger partial charge in [0.15, 0.2) is 16.7 Å². The lowest BCUT2D eigenvalue weighted by atomic mass is 10.2. The fraction of sp³-hybridized carbons (Fsp3) is 0.200. The molecule has 1 heterocycles. The van der Waals surface area contributed by atoms with Crippen LogP contribution in [-0.4, -0.2) is 49.7 Å². The van der Waals surface area contributed by atoms with Crippen LogP contribution < -0.4 is 14.8 Å². The normalized spacial score (nSPS) is 17.2. The summed E-state index contributed by atoms with van der Waals surface area (Å²) in [5.41, 5.74) is 0.565. The Morgan fingerprint density at radius 3 is 2.44 bits per heavy atom. The van der Waals surface area contributed by atoms with Crippen LogP contribution in [0.25, 0.3) is 0 Å². The molecular weight excluding hydrogens is 350 g/mol. The lowest BCUT2D eigenvalue weighted by Crippen LogP contribution is -2.19. The van der Waals surface area contributed by atoms with Gasteiger partial charge < -0.3 is 19.3 Å². The number of thioether (sulfide) groups is 1. The number of hydrogen-bond donors (Lipinski definition) is 2. The van der Waals surface area contributed by atoms with Gasteiger partial charge in [-0.3, -0.25) is 10.1 Å². The second-order valence-corrected chi connectivity index (χ2v) is 5.54. The second kappa shape index (κ2) is 8.20. The van der Waals surface area contributed by atoms with Crippen molar-refractivity contribution >= 4 is 35.0 Å². The molecule has 0 aliphatic carbocycles. The zero-order chi connectivity index (χ0) is 18.4. The number of nitrogens with one attached hydrogen (secondary N) is 1. The van der Waals surface area contributed by atoms with E-state index in [4.69, 9.17) is 9.47 Å². The van der Waals surface area contributed by atoms with E-state index in [1.807, 2.05) is 0 Å². The first-order valence-corrected chi connectivity index (χ1v) is 7.65. The van der Waals surface area contributed by atoms with Crippen LogP contribution in [0.2, 0.25) is 0 Å². The minimum Gasteiger partial charge on any atom is -0.502 e. The Hall–Kier alpha value is -3.01. The fourth-order valence-electron chi connectivity index (χ4n) is 1.78. The molecule has 0 aromatic heterocycles. The summed E-state index contributed by atoms with van der Waals surface area (Å²) in [6.07, 6.45) is 2.47. The number of carbonyl (C=O) groups excluding carboxylic acids is 2. The molecule has 1 amide bonds. The molecule has 9 nitrogen and oxygen atoms in total. The molecular formula is C15H15N3O6S. The van der Waals surface area contributed by atoms with Gasteiger partial charge >= 0.3 is 5.97 Å². The van der Waals surface area contributed by atoms with Gasteiger partial charge in [-0.1, -0.05) is 0 Å². The van der Waals surface area contributed by atoms with Crippen molar-refractivity contribution < 1.29 is 28.9 Å². The Bertz CT molecular complexity index is 762. The third-order valence-electron chi connectivity index (χ3n) is 2.96. The van der Waals surface area contributed by atoms with E-state index in [1.54, 1.807) is 12.1 Å². The summed E-state index contributed by atoms with van der Waals surface area (Å²) in [6, 6.07) is 3.09. The van der Waals surface area contributed by atoms with E-state index >= 15 is 0 Å². The molecule has 1 aliphatic rings. The lowest BCUT2D eigenvalue weighted by Gasteiger charge is -2.08. The summed E-state index contributed by atoms with van der Waals surface area (Å²) in [5, 5.41) is 20.3. The molecule has 0 saturated carbocycles. The van der Waals surface area contributed by atoms with E-state index in [-0.39, 0.29) is 27.3 Å². The van der Waals surface area contributed by atoms with Crippen LogP contribution in [0.3, 0.4) is 0 Å². The molecule has 1 aromatic carbocycles. The summed E-state index contributed by atoms with van der Waals surface area (Å²) in [5.74, 6) is -0.770. The van der Waals surface area contributed by atoms with Gasteiger partial charge in [-0.05, 0) is 23.9 Å². The standard InChI is InChI=1S/C15H15N3O6S/c1-22-9-4-8(5-10(23-2)13(9)20)7-16-18-15-17-14(21)11(25-15)6-12(19)24-3/h4-7,20H,1-3H3,(H,17,18,21)/b11-6+,16-7?. The first kappa shape index (κ1) is 18.3. The Labute approximate surface area is 147 Å². The van der Waals surface area contributed by atoms with Gasteiger partial charge in [0.2, 0.25) is 5.75 Å². The van der Waals surface area contributed by atoms with Crippen LogP contribution in [0.4, 0.5) is 0 Å². The minimum absolute atomic E-state index is 0.121. The number of rotatable bonds is 5. The number of ether oxygens (including phenoxy) is 3. The summed E-state index contributed by atoms with van der Waals surface area (Å²) in [6.45, 7) is 0. The van der Waals surface area contributed by atoms with Crippen LogP contribution in [0, 0.1) is 0 Å². The summed E-state index contributed by atoms with van der Waals surface area (Å²) in [4.78, 5) is 23.0. The molecule has 25 heavy (non-hydrogen) atoms. The van der Waals surface area contributed by atoms with Crippen molar-refractivity contribution in [3.05, 3.63) is 28.7 Å². The predicted molar refractivity (Wildman–Crippen MR) is 92.1 cm³/mol. The second-order valence-electron chi connectivity index (χ2n) is 4.51. The lowest BCUT2D eigenvalue weighted by molar-refractivity contribution is -0.135. The maximum Gasteiger partial charge on any atom is 0.331 e. The predicted octanol–water partition coefficient (Wildman–Crippen LogP) is 1.02. The van der Waals surface area contributed by atoms with Gasteiger partial charge in [0, 0.05) is 11.6 Å². The Morgan fingerprint density at radius 2 is 1.88 bits per heavy atom. The molecule has 1 saturated heterocycles. The number of aromatic hydroxyl groups is 1. The highest BCUT2D eigenvalue weighted by Gasteiger charge is 2.25. The molecule has 0 unspecified atom stereocenters. The molecule has 2 N–H and O–H groups in total. The molecule has 1 fully saturated rings. The number of amidine groups is 1. The molecule has 2 rings (SSSR count). The maximum absolute atomic E-state index is 11.7. The summed E-state index contributed by atoms with van der Waals surface area (Å²) >= 11 is 0.962. The zero-order valence-corrected chi connectivity index (χ0v) is 14.4. The van der Waals surface area contributed by atoms with Crippen molar-refractivity contribution in [1.82, 2.24) is 5.32 Å². The first-order chi connectivity index (χ1) is 12.0. The van der Waals surface area contributed by atoms with Gasteiger partial charge in [0.25, 0.3) is 5.91 Å². The van der Waals surface area contributed by atoms with E-state index in [0.29, 0.717) is 5.56 Å². The Balaban J connectivity index is 2.16. The van der Waals surface area contributed by atoms with E-state index in [9.17, 15) is 14.7 Å². The number of nitrogens with zero attached hydrogens (tertiary/aromatic N) is 2. The third-order valence-corrected chi connectivity index (χ3v) is 3.86. The first-order valence-electron chi connectivity index (χ1n) is 6.83. The van der Waals surface area contributed by atoms with Gasteiger partial charge in [0.1, 0.15) is 0 Å². The van der Waals surface area contributed by atoms with E-state index < -0.39 is 11.9 Å². The number of phenolic OH excluding ortho intramolecular Hbond substituents is 1. The molecule has 0 spiro atoms. The highest BCUT2D eigenvalue weighted by molar-refractivity contribution is 8.18. The SMILES string of the molecule is COC(=O)/C=C1/S/C(=N\N=Cc2cc(OC)c(O)c(OC)c2)NC1=O. The average molecular weight is 365 g/mol. The van der Waals surface area contributed by atoms with Gasteiger partial charge in [-0.25, -0.2) is 4.79 Å². The maximum atomic E-state index is 11.7. The average Bonchev–Trinajstić information content (AvgIpc) is 2.95. The smallest absolute Gasteiger partial charge is 0.331 e. The van der Waals surface area contributed by atoms with E-state index in [2.05, 4.69) is 20.3 Å². The Kier molecular flexibility index (Phi) is 6.01. The number of esters is 1. The quantitative estimate of drug-likeness (QED) is 0.346. The van der Waals surface area contributed by atoms with Crippen molar-refractivity contribution in [1.29, 1.82) is 0 Å². The van der Waals surface area contributed by atoms with E-state index in [0.717, 1.165) is 17.8 Å². The minimum atomic E-state index is -0.634. The van der Waals surface area contributed by atoms with Gasteiger partial charge in [-0.15, -0.1) is 5.10 Å². The summed E-state index contributed by atoms with van der Waals surface area (Å²) < 4.78 is 14.6. The van der Waals surface area contributed by atoms with Gasteiger partial charge in [0.05, 0.1) is 32.4 Å². The van der Waals surface area contributed by atoms with Crippen molar-refractivity contribution in [2.24, 2.45) is 10.2 Å². The number of hydrogen-bond acceptors (Lipinski definition) is 9. The van der Waals surface area contributed by atoms with E-state index in [1.165, 1.54) is 27.5 Å². The van der Waals surface area contributed by atoms with Crippen LogP contribution >= 0.6 is 11.8 Å².